The molecule has 5 heterocycles. The SMILES string of the molecule is CCOC(=O)c1c(C)nn2c(CC)nn(C)c12.CCc1c(C)nn2nc(-c3cccc([N+](=O)[O-])c3)n(C)c12.CCc1cn(C)cn1. The Kier molecular flexibility index (Phi) is 10.3. The standard InChI is InChI=1S/C14H15N5O2.C11H16N4O2.C6H10N2/c1-4-12-9(2)15-18-14(12)17(3)13(16-18)10-6-5-7-11(8-10)19(20)21;1-5-8-13-14(4)10-9(11(16)17-6-2)7(3)12-15(8)10;1-3-6-4-8(2)5-7-6/h5-8H,4H2,1-3H3;5-6H2,1-4H3;4-5H,3H2,1-2H3. The number of nitrogens with zero attached hydrogens (tertiary/aromatic N) is 11. The van der Waals surface area contributed by atoms with Gasteiger partial charge in [-0.15, -0.1) is 9.73 Å². The number of non-ortho nitro benzene ring substituents is 1. The molecule has 0 aliphatic carbocycles. The quantitative estimate of drug-likeness (QED) is 0.139. The first kappa shape index (κ1) is 33.6. The van der Waals surface area contributed by atoms with E-state index in [9.17, 15) is 14.9 Å². The average Bonchev–Trinajstić information content (AvgIpc) is 3.83. The summed E-state index contributed by atoms with van der Waals surface area (Å²) in [6.07, 6.45) is 6.50. The van der Waals surface area contributed by atoms with Crippen molar-refractivity contribution in [3.05, 3.63) is 80.9 Å². The number of nitro groups is 1. The van der Waals surface area contributed by atoms with E-state index in [1.54, 1.807) is 40.8 Å². The number of fused-ring (bicyclic) bond motifs is 2. The Bertz CT molecular complexity index is 1990. The molecule has 0 radical (unpaired) electrons. The number of esters is 1. The maximum absolute atomic E-state index is 11.9. The van der Waals surface area contributed by atoms with Crippen LogP contribution in [0.5, 0.6) is 0 Å². The summed E-state index contributed by atoms with van der Waals surface area (Å²) >= 11 is 0. The lowest BCUT2D eigenvalue weighted by Crippen LogP contribution is -2.07. The van der Waals surface area contributed by atoms with E-state index in [0.717, 1.165) is 47.7 Å². The Morgan fingerprint density at radius 2 is 1.67 bits per heavy atom. The molecule has 5 aromatic heterocycles. The van der Waals surface area contributed by atoms with Crippen LogP contribution in [0.3, 0.4) is 0 Å². The molecule has 244 valence electrons. The van der Waals surface area contributed by atoms with Crippen LogP contribution in [0.15, 0.2) is 36.8 Å². The Hall–Kier alpha value is -5.34. The van der Waals surface area contributed by atoms with Gasteiger partial charge in [-0.1, -0.05) is 32.9 Å². The highest BCUT2D eigenvalue weighted by molar-refractivity contribution is 5.97. The minimum atomic E-state index is -0.404. The molecule has 0 N–H and O–H groups in total. The van der Waals surface area contributed by atoms with Gasteiger partial charge in [-0.3, -0.25) is 10.1 Å². The molecule has 0 saturated heterocycles. The van der Waals surface area contributed by atoms with Gasteiger partial charge >= 0.3 is 5.97 Å². The Morgan fingerprint density at radius 1 is 0.935 bits per heavy atom. The fraction of sp³-hybridized carbons (Fsp3) is 0.419. The van der Waals surface area contributed by atoms with Crippen molar-refractivity contribution >= 4 is 23.0 Å². The van der Waals surface area contributed by atoms with E-state index < -0.39 is 4.92 Å². The van der Waals surface area contributed by atoms with E-state index in [-0.39, 0.29) is 11.7 Å². The smallest absolute Gasteiger partial charge is 0.343 e. The van der Waals surface area contributed by atoms with E-state index in [1.165, 1.54) is 12.1 Å². The maximum Gasteiger partial charge on any atom is 0.343 e. The third kappa shape index (κ3) is 6.67. The van der Waals surface area contributed by atoms with Crippen molar-refractivity contribution in [3.8, 4) is 11.4 Å². The highest BCUT2D eigenvalue weighted by Gasteiger charge is 2.23. The second kappa shape index (κ2) is 14.2. The number of rotatable bonds is 7. The number of imidazole rings is 1. The molecule has 15 heteroatoms. The van der Waals surface area contributed by atoms with Gasteiger partial charge in [0.05, 0.1) is 34.9 Å². The largest absolute Gasteiger partial charge is 0.462 e. The van der Waals surface area contributed by atoms with Gasteiger partial charge in [0.2, 0.25) is 0 Å². The molecule has 6 aromatic rings. The van der Waals surface area contributed by atoms with E-state index in [4.69, 9.17) is 4.74 Å². The number of carbonyl (C=O) groups is 1. The number of carbonyl (C=O) groups excluding carboxylic acids is 1. The average molecular weight is 632 g/mol. The molecule has 0 saturated carbocycles. The van der Waals surface area contributed by atoms with Gasteiger partial charge in [-0.2, -0.15) is 19.8 Å². The number of nitro benzene ring substituents is 1. The third-order valence-electron chi connectivity index (χ3n) is 7.40. The van der Waals surface area contributed by atoms with Gasteiger partial charge < -0.3 is 13.9 Å². The van der Waals surface area contributed by atoms with Crippen LogP contribution in [0.25, 0.3) is 22.7 Å². The summed E-state index contributed by atoms with van der Waals surface area (Å²) in [5.74, 6) is 1.16. The van der Waals surface area contributed by atoms with Gasteiger partial charge in [0.15, 0.2) is 22.9 Å². The molecule has 0 atom stereocenters. The molecule has 0 spiro atoms. The van der Waals surface area contributed by atoms with Crippen molar-refractivity contribution in [2.24, 2.45) is 21.1 Å². The van der Waals surface area contributed by atoms with Crippen LogP contribution in [-0.2, 0) is 45.1 Å². The fourth-order valence-electron chi connectivity index (χ4n) is 5.19. The van der Waals surface area contributed by atoms with Crippen molar-refractivity contribution in [2.45, 2.75) is 60.8 Å². The first-order valence-electron chi connectivity index (χ1n) is 15.2. The van der Waals surface area contributed by atoms with E-state index in [2.05, 4.69) is 39.2 Å². The second-order valence-electron chi connectivity index (χ2n) is 10.6. The van der Waals surface area contributed by atoms with Crippen molar-refractivity contribution in [2.75, 3.05) is 6.61 Å². The molecular formula is C31H41N11O4. The van der Waals surface area contributed by atoms with Crippen LogP contribution in [0.1, 0.15) is 66.5 Å². The molecule has 1 aromatic carbocycles. The van der Waals surface area contributed by atoms with Gasteiger partial charge in [-0.05, 0) is 33.6 Å². The zero-order valence-electron chi connectivity index (χ0n) is 27.8. The van der Waals surface area contributed by atoms with Crippen LogP contribution in [-0.4, -0.2) is 65.8 Å². The number of ether oxygens (including phenoxy) is 1. The summed E-state index contributed by atoms with van der Waals surface area (Å²) in [6.45, 7) is 12.1. The first-order valence-corrected chi connectivity index (χ1v) is 15.2. The lowest BCUT2D eigenvalue weighted by Gasteiger charge is -2.02. The number of aryl methyl sites for hydroxylation is 8. The zero-order valence-corrected chi connectivity index (χ0v) is 27.8. The highest BCUT2D eigenvalue weighted by atomic mass is 16.6. The predicted molar refractivity (Wildman–Crippen MR) is 173 cm³/mol. The lowest BCUT2D eigenvalue weighted by molar-refractivity contribution is -0.384. The summed E-state index contributed by atoms with van der Waals surface area (Å²) in [5.41, 5.74) is 6.81. The number of aromatic nitrogens is 10. The van der Waals surface area contributed by atoms with E-state index >= 15 is 0 Å². The maximum atomic E-state index is 11.9. The van der Waals surface area contributed by atoms with Crippen LogP contribution in [0, 0.1) is 24.0 Å². The van der Waals surface area contributed by atoms with Gasteiger partial charge in [0, 0.05) is 57.0 Å². The second-order valence-corrected chi connectivity index (χ2v) is 10.6. The van der Waals surface area contributed by atoms with Crippen molar-refractivity contribution < 1.29 is 14.5 Å². The van der Waals surface area contributed by atoms with Crippen LogP contribution >= 0.6 is 0 Å². The first-order chi connectivity index (χ1) is 21.9. The molecule has 0 fully saturated rings. The molecule has 0 aliphatic heterocycles. The predicted octanol–water partition coefficient (Wildman–Crippen LogP) is 4.61. The Balaban J connectivity index is 0.000000172. The molecule has 15 nitrogen and oxygen atoms in total. The van der Waals surface area contributed by atoms with Gasteiger partial charge in [-0.25, -0.2) is 14.5 Å². The number of benzene rings is 1. The summed E-state index contributed by atoms with van der Waals surface area (Å²) in [5, 5.41) is 28.4. The summed E-state index contributed by atoms with van der Waals surface area (Å²) < 4.78 is 13.9. The summed E-state index contributed by atoms with van der Waals surface area (Å²) in [7, 11) is 5.68. The molecule has 6 rings (SSSR count). The monoisotopic (exact) mass is 631 g/mol. The third-order valence-corrected chi connectivity index (χ3v) is 7.40. The van der Waals surface area contributed by atoms with Crippen molar-refractivity contribution in [1.82, 2.24) is 48.3 Å². The van der Waals surface area contributed by atoms with Crippen molar-refractivity contribution in [3.63, 3.8) is 0 Å². The van der Waals surface area contributed by atoms with Crippen LogP contribution < -0.4 is 0 Å². The fourth-order valence-corrected chi connectivity index (χ4v) is 5.19. The van der Waals surface area contributed by atoms with Crippen LogP contribution in [0.2, 0.25) is 0 Å². The summed E-state index contributed by atoms with van der Waals surface area (Å²) in [4.78, 5) is 26.5. The number of hydrogen-bond donors (Lipinski definition) is 0. The van der Waals surface area contributed by atoms with E-state index in [1.807, 2.05) is 55.7 Å². The topological polar surface area (TPSA) is 158 Å². The van der Waals surface area contributed by atoms with Gasteiger partial charge in [0.25, 0.3) is 5.69 Å². The molecule has 0 amide bonds. The summed E-state index contributed by atoms with van der Waals surface area (Å²) in [6, 6.07) is 6.48. The molecule has 0 unspecified atom stereocenters. The molecule has 0 bridgehead atoms. The normalized spacial score (nSPS) is 10.9. The van der Waals surface area contributed by atoms with E-state index in [0.29, 0.717) is 34.9 Å². The Labute approximate surface area is 266 Å². The minimum absolute atomic E-state index is 0.0556. The highest BCUT2D eigenvalue weighted by Crippen LogP contribution is 2.26. The minimum Gasteiger partial charge on any atom is -0.462 e. The zero-order chi connectivity index (χ0) is 33.7. The van der Waals surface area contributed by atoms with Crippen molar-refractivity contribution in [1.29, 1.82) is 0 Å². The number of hydrogen-bond acceptors (Lipinski definition) is 9. The van der Waals surface area contributed by atoms with Crippen LogP contribution in [0.4, 0.5) is 5.69 Å². The molecular weight excluding hydrogens is 590 g/mol. The van der Waals surface area contributed by atoms with Gasteiger partial charge in [0.1, 0.15) is 5.56 Å². The molecule has 0 aliphatic rings. The lowest BCUT2D eigenvalue weighted by atomic mass is 10.2. The molecule has 46 heavy (non-hydrogen) atoms. The Morgan fingerprint density at radius 3 is 2.24 bits per heavy atom.